The van der Waals surface area contributed by atoms with E-state index in [1.165, 1.54) is 5.56 Å². The van der Waals surface area contributed by atoms with E-state index >= 15 is 0 Å². The molecule has 0 spiro atoms. The lowest BCUT2D eigenvalue weighted by molar-refractivity contribution is -0.121. The zero-order valence-electron chi connectivity index (χ0n) is 14.1. The van der Waals surface area contributed by atoms with Crippen molar-refractivity contribution in [3.8, 4) is 0 Å². The van der Waals surface area contributed by atoms with E-state index < -0.39 is 0 Å². The Labute approximate surface area is 129 Å². The van der Waals surface area contributed by atoms with Gasteiger partial charge in [0.2, 0.25) is 0 Å². The number of ketones is 1. The molecule has 1 aromatic rings. The minimum atomic E-state index is -0.173. The van der Waals surface area contributed by atoms with Crippen LogP contribution in [0.25, 0.3) is 0 Å². The molecule has 118 valence electrons. The van der Waals surface area contributed by atoms with Gasteiger partial charge in [-0.15, -0.1) is 0 Å². The van der Waals surface area contributed by atoms with Crippen molar-refractivity contribution in [3.63, 3.8) is 0 Å². The van der Waals surface area contributed by atoms with Crippen LogP contribution in [0, 0.1) is 18.7 Å². The van der Waals surface area contributed by atoms with Crippen molar-refractivity contribution >= 4 is 5.78 Å². The van der Waals surface area contributed by atoms with Crippen LogP contribution in [-0.4, -0.2) is 5.78 Å². The highest BCUT2D eigenvalue weighted by Gasteiger charge is 2.37. The van der Waals surface area contributed by atoms with E-state index in [4.69, 9.17) is 0 Å². The van der Waals surface area contributed by atoms with Crippen molar-refractivity contribution in [1.29, 1.82) is 0 Å². The van der Waals surface area contributed by atoms with Crippen LogP contribution in [0.1, 0.15) is 70.9 Å². The molecule has 0 saturated heterocycles. The molecule has 1 aliphatic carbocycles. The summed E-state index contributed by atoms with van der Waals surface area (Å²) in [5.74, 6) is 0.782. The maximum atomic E-state index is 13.3. The molecule has 0 amide bonds. The van der Waals surface area contributed by atoms with Gasteiger partial charge in [-0.3, -0.25) is 4.79 Å². The zero-order valence-corrected chi connectivity index (χ0v) is 14.1. The van der Waals surface area contributed by atoms with Crippen molar-refractivity contribution in [2.24, 2.45) is 5.92 Å². The molecule has 2 heteroatoms. The summed E-state index contributed by atoms with van der Waals surface area (Å²) in [6, 6.07) is 5.11. The van der Waals surface area contributed by atoms with Crippen LogP contribution in [0.2, 0.25) is 0 Å². The van der Waals surface area contributed by atoms with Gasteiger partial charge >= 0.3 is 0 Å². The van der Waals surface area contributed by atoms with E-state index in [2.05, 4.69) is 13.8 Å². The quantitative estimate of drug-likeness (QED) is 0.710. The Morgan fingerprint density at radius 1 is 1.19 bits per heavy atom. The lowest BCUT2D eigenvalue weighted by atomic mass is 9.64. The number of hydrogen-bond acceptors (Lipinski definition) is 1. The Bertz CT molecular complexity index is 466. The van der Waals surface area contributed by atoms with Gasteiger partial charge in [-0.1, -0.05) is 33.8 Å². The summed E-state index contributed by atoms with van der Waals surface area (Å²) in [7, 11) is 0. The third-order valence-corrected chi connectivity index (χ3v) is 4.32. The van der Waals surface area contributed by atoms with Gasteiger partial charge < -0.3 is 0 Å². The van der Waals surface area contributed by atoms with E-state index in [1.54, 1.807) is 12.1 Å². The van der Waals surface area contributed by atoms with Crippen LogP contribution in [0.15, 0.2) is 18.2 Å². The number of rotatable bonds is 3. The van der Waals surface area contributed by atoms with Crippen LogP contribution in [-0.2, 0) is 10.2 Å². The Hall–Kier alpha value is -1.18. The summed E-state index contributed by atoms with van der Waals surface area (Å²) in [5, 5.41) is 0. The van der Waals surface area contributed by atoms with Crippen LogP contribution in [0.3, 0.4) is 0 Å². The van der Waals surface area contributed by atoms with Crippen molar-refractivity contribution in [3.05, 3.63) is 35.1 Å². The first-order valence-electron chi connectivity index (χ1n) is 8.21. The van der Waals surface area contributed by atoms with E-state index in [1.807, 2.05) is 26.8 Å². The van der Waals surface area contributed by atoms with Gasteiger partial charge in [0, 0.05) is 12.8 Å². The smallest absolute Gasteiger partial charge is 0.132 e. The van der Waals surface area contributed by atoms with E-state index in [9.17, 15) is 9.18 Å². The summed E-state index contributed by atoms with van der Waals surface area (Å²) in [6.07, 6.45) is 4.24. The molecular weight excluding hydrogens is 263 g/mol. The normalized spacial score (nSPS) is 17.4. The minimum absolute atomic E-state index is 0.0693. The first kappa shape index (κ1) is 17.9. The molecule has 0 atom stereocenters. The van der Waals surface area contributed by atoms with Crippen LogP contribution < -0.4 is 0 Å². The van der Waals surface area contributed by atoms with Crippen LogP contribution in [0.5, 0.6) is 0 Å². The summed E-state index contributed by atoms with van der Waals surface area (Å²) < 4.78 is 13.3. The third-order valence-electron chi connectivity index (χ3n) is 4.32. The highest BCUT2D eigenvalue weighted by atomic mass is 19.1. The molecule has 1 fully saturated rings. The molecule has 0 bridgehead atoms. The number of halogens is 1. The average Bonchev–Trinajstić information content (AvgIpc) is 2.43. The van der Waals surface area contributed by atoms with E-state index in [-0.39, 0.29) is 11.2 Å². The van der Waals surface area contributed by atoms with Gasteiger partial charge in [0.05, 0.1) is 0 Å². The van der Waals surface area contributed by atoms with E-state index in [0.29, 0.717) is 24.5 Å². The maximum Gasteiger partial charge on any atom is 0.132 e. The molecule has 0 unspecified atom stereocenters. The molecule has 1 aliphatic rings. The second-order valence-corrected chi connectivity index (χ2v) is 6.38. The first-order chi connectivity index (χ1) is 9.93. The predicted molar refractivity (Wildman–Crippen MR) is 87.1 cm³/mol. The molecule has 1 nitrogen and oxygen atoms in total. The van der Waals surface area contributed by atoms with Crippen molar-refractivity contribution in [2.75, 3.05) is 0 Å². The van der Waals surface area contributed by atoms with Crippen molar-refractivity contribution < 1.29 is 9.18 Å². The highest BCUT2D eigenvalue weighted by Crippen LogP contribution is 2.44. The molecular formula is C19H29FO. The highest BCUT2D eigenvalue weighted by molar-refractivity contribution is 5.79. The molecule has 0 heterocycles. The van der Waals surface area contributed by atoms with Crippen molar-refractivity contribution in [2.45, 2.75) is 72.1 Å². The largest absolute Gasteiger partial charge is 0.300 e. The van der Waals surface area contributed by atoms with Gasteiger partial charge in [0.15, 0.2) is 0 Å². The molecule has 0 aliphatic heterocycles. The summed E-state index contributed by atoms with van der Waals surface area (Å²) >= 11 is 0. The second-order valence-electron chi connectivity index (χ2n) is 6.38. The monoisotopic (exact) mass is 292 g/mol. The molecule has 2 rings (SSSR count). The van der Waals surface area contributed by atoms with E-state index in [0.717, 1.165) is 24.8 Å². The fraction of sp³-hybridized carbons (Fsp3) is 0.632. The maximum absolute atomic E-state index is 13.3. The lowest BCUT2D eigenvalue weighted by Gasteiger charge is -2.40. The minimum Gasteiger partial charge on any atom is -0.300 e. The predicted octanol–water partition coefficient (Wildman–Crippen LogP) is 5.59. The summed E-state index contributed by atoms with van der Waals surface area (Å²) in [6.45, 7) is 10.4. The zero-order chi connectivity index (χ0) is 16.0. The number of aryl methyl sites for hydroxylation is 1. The number of carbonyl (C=O) groups excluding carboxylic acids is 1. The number of carbonyl (C=O) groups is 1. The van der Waals surface area contributed by atoms with Gasteiger partial charge in [0.1, 0.15) is 11.6 Å². The van der Waals surface area contributed by atoms with Gasteiger partial charge in [-0.25, -0.2) is 4.39 Å². The Balaban J connectivity index is 0.00000106. The van der Waals surface area contributed by atoms with Gasteiger partial charge in [-0.05, 0) is 60.8 Å². The molecule has 1 aromatic carbocycles. The first-order valence-corrected chi connectivity index (χ1v) is 8.21. The second kappa shape index (κ2) is 7.72. The van der Waals surface area contributed by atoms with Crippen molar-refractivity contribution in [1.82, 2.24) is 0 Å². The van der Waals surface area contributed by atoms with Crippen LogP contribution in [0.4, 0.5) is 4.39 Å². The molecule has 1 saturated carbocycles. The Morgan fingerprint density at radius 2 is 1.76 bits per heavy atom. The number of benzene rings is 1. The Morgan fingerprint density at radius 3 is 2.24 bits per heavy atom. The topological polar surface area (TPSA) is 17.1 Å². The Kier molecular flexibility index (Phi) is 6.57. The number of hydrogen-bond donors (Lipinski definition) is 0. The van der Waals surface area contributed by atoms with Gasteiger partial charge in [0.25, 0.3) is 0 Å². The average molecular weight is 292 g/mol. The fourth-order valence-corrected chi connectivity index (χ4v) is 3.59. The van der Waals surface area contributed by atoms with Gasteiger partial charge in [-0.2, -0.15) is 0 Å². The summed E-state index contributed by atoms with van der Waals surface area (Å²) in [4.78, 5) is 11.5. The standard InChI is InChI=1S/C17H23FO.C2H6/c1-12(2)11-17(8-6-15(19)7-9-17)16-5-4-14(18)10-13(16)3;1-2/h4-5,10,12H,6-9,11H2,1-3H3;1-2H3. The molecule has 0 N–H and O–H groups in total. The molecule has 0 aromatic heterocycles. The SMILES string of the molecule is CC.Cc1cc(F)ccc1C1(CC(C)C)CCC(=O)CC1. The molecule has 0 radical (unpaired) electrons. The van der Waals surface area contributed by atoms with Crippen LogP contribution >= 0.6 is 0 Å². The molecule has 21 heavy (non-hydrogen) atoms. The third kappa shape index (κ3) is 4.39. The number of Topliss-reactive ketones (excluding diaryl/α,β-unsaturated/α-hetero) is 1. The fourth-order valence-electron chi connectivity index (χ4n) is 3.59. The summed E-state index contributed by atoms with van der Waals surface area (Å²) in [5.41, 5.74) is 2.34. The lowest BCUT2D eigenvalue weighted by Crippen LogP contribution is -2.34.